The largest absolute Gasteiger partial charge is 0.396 e. The van der Waals surface area contributed by atoms with E-state index in [0.717, 1.165) is 0 Å². The Hall–Kier alpha value is -1.66. The molecule has 1 aromatic rings. The number of aliphatic hydroxyl groups is 1. The molecule has 1 amide bonds. The van der Waals surface area contributed by atoms with Crippen LogP contribution in [0.1, 0.15) is 16.8 Å². The summed E-state index contributed by atoms with van der Waals surface area (Å²) in [5.41, 5.74) is -0.326. The molecule has 0 fully saturated rings. The summed E-state index contributed by atoms with van der Waals surface area (Å²) < 4.78 is 0. The molecule has 1 aromatic carbocycles. The number of aliphatic hydroxyl groups excluding tert-OH is 1. The Morgan fingerprint density at radius 2 is 2.22 bits per heavy atom. The molecule has 0 unspecified atom stereocenters. The lowest BCUT2D eigenvalue weighted by Gasteiger charge is -2.16. The minimum absolute atomic E-state index is 0.0464. The standard InChI is InChI=1S/C11H13ClN2O4/c1-13(5-2-6-15)11(16)9-7-8(12)3-4-10(9)14(17)18/h3-4,7,15H,2,5-6H2,1H3. The predicted molar refractivity (Wildman–Crippen MR) is 66.8 cm³/mol. The van der Waals surface area contributed by atoms with Crippen molar-refractivity contribution in [2.75, 3.05) is 20.2 Å². The molecule has 0 saturated carbocycles. The molecule has 0 bridgehead atoms. The fraction of sp³-hybridized carbons (Fsp3) is 0.364. The molecule has 1 rings (SSSR count). The number of amides is 1. The summed E-state index contributed by atoms with van der Waals surface area (Å²) in [4.78, 5) is 23.5. The van der Waals surface area contributed by atoms with Crippen LogP contribution in [-0.2, 0) is 0 Å². The molecule has 0 aliphatic carbocycles. The van der Waals surface area contributed by atoms with Crippen LogP contribution in [0.5, 0.6) is 0 Å². The van der Waals surface area contributed by atoms with E-state index in [9.17, 15) is 14.9 Å². The number of carbonyl (C=O) groups is 1. The van der Waals surface area contributed by atoms with Gasteiger partial charge in [-0.2, -0.15) is 0 Å². The maximum absolute atomic E-state index is 12.0. The number of benzene rings is 1. The van der Waals surface area contributed by atoms with E-state index in [1.165, 1.54) is 30.1 Å². The molecule has 0 atom stereocenters. The van der Waals surface area contributed by atoms with Crippen molar-refractivity contribution in [2.45, 2.75) is 6.42 Å². The van der Waals surface area contributed by atoms with Crippen LogP contribution >= 0.6 is 11.6 Å². The molecule has 0 aliphatic rings. The summed E-state index contributed by atoms with van der Waals surface area (Å²) in [6.45, 7) is 0.272. The first-order valence-corrected chi connectivity index (χ1v) is 5.65. The Morgan fingerprint density at radius 3 is 2.78 bits per heavy atom. The summed E-state index contributed by atoms with van der Waals surface area (Å²) in [7, 11) is 1.52. The number of carbonyl (C=O) groups excluding carboxylic acids is 1. The number of nitrogens with zero attached hydrogens (tertiary/aromatic N) is 2. The summed E-state index contributed by atoms with van der Waals surface area (Å²) >= 11 is 5.74. The molecule has 0 spiro atoms. The van der Waals surface area contributed by atoms with Gasteiger partial charge in [-0.1, -0.05) is 11.6 Å². The van der Waals surface area contributed by atoms with Gasteiger partial charge in [0.15, 0.2) is 0 Å². The molecular weight excluding hydrogens is 260 g/mol. The molecule has 0 aliphatic heterocycles. The zero-order valence-electron chi connectivity index (χ0n) is 9.80. The Morgan fingerprint density at radius 1 is 1.56 bits per heavy atom. The lowest BCUT2D eigenvalue weighted by molar-refractivity contribution is -0.385. The Bertz CT molecular complexity index is 464. The maximum Gasteiger partial charge on any atom is 0.282 e. The highest BCUT2D eigenvalue weighted by molar-refractivity contribution is 6.31. The number of nitro benzene ring substituents is 1. The van der Waals surface area contributed by atoms with Gasteiger partial charge in [0.05, 0.1) is 4.92 Å². The summed E-state index contributed by atoms with van der Waals surface area (Å²) in [5, 5.41) is 19.8. The number of hydrogen-bond acceptors (Lipinski definition) is 4. The first kappa shape index (κ1) is 14.4. The maximum atomic E-state index is 12.0. The molecule has 6 nitrogen and oxygen atoms in total. The molecule has 0 heterocycles. The fourth-order valence-electron chi connectivity index (χ4n) is 1.45. The second-order valence-electron chi connectivity index (χ2n) is 3.72. The Labute approximate surface area is 109 Å². The van der Waals surface area contributed by atoms with Gasteiger partial charge in [0, 0.05) is 31.3 Å². The molecular formula is C11H13ClN2O4. The highest BCUT2D eigenvalue weighted by Crippen LogP contribution is 2.23. The first-order valence-electron chi connectivity index (χ1n) is 5.27. The SMILES string of the molecule is CN(CCCO)C(=O)c1cc(Cl)ccc1[N+](=O)[O-]. The monoisotopic (exact) mass is 272 g/mol. The van der Waals surface area contributed by atoms with Crippen molar-refractivity contribution in [1.29, 1.82) is 0 Å². The quantitative estimate of drug-likeness (QED) is 0.653. The molecule has 98 valence electrons. The zero-order valence-corrected chi connectivity index (χ0v) is 10.6. The van der Waals surface area contributed by atoms with Gasteiger partial charge in [0.2, 0.25) is 0 Å². The highest BCUT2D eigenvalue weighted by atomic mass is 35.5. The van der Waals surface area contributed by atoms with Crippen molar-refractivity contribution in [3.05, 3.63) is 38.9 Å². The van der Waals surface area contributed by atoms with E-state index in [2.05, 4.69) is 0 Å². The zero-order chi connectivity index (χ0) is 13.7. The van der Waals surface area contributed by atoms with Crippen LogP contribution in [0.3, 0.4) is 0 Å². The smallest absolute Gasteiger partial charge is 0.282 e. The van der Waals surface area contributed by atoms with Gasteiger partial charge in [-0.05, 0) is 18.6 Å². The van der Waals surface area contributed by atoms with Gasteiger partial charge in [0.25, 0.3) is 11.6 Å². The van der Waals surface area contributed by atoms with Crippen LogP contribution in [0.15, 0.2) is 18.2 Å². The van der Waals surface area contributed by atoms with Gasteiger partial charge in [-0.25, -0.2) is 0 Å². The van der Waals surface area contributed by atoms with E-state index in [0.29, 0.717) is 13.0 Å². The third kappa shape index (κ3) is 3.41. The second kappa shape index (κ2) is 6.32. The minimum atomic E-state index is -0.622. The molecule has 7 heteroatoms. The van der Waals surface area contributed by atoms with Crippen molar-refractivity contribution >= 4 is 23.2 Å². The van der Waals surface area contributed by atoms with E-state index in [1.807, 2.05) is 0 Å². The highest BCUT2D eigenvalue weighted by Gasteiger charge is 2.22. The molecule has 18 heavy (non-hydrogen) atoms. The molecule has 1 N–H and O–H groups in total. The number of rotatable bonds is 5. The number of nitro groups is 1. The number of hydrogen-bond donors (Lipinski definition) is 1. The van der Waals surface area contributed by atoms with Crippen molar-refractivity contribution in [3.63, 3.8) is 0 Å². The van der Waals surface area contributed by atoms with Crippen LogP contribution in [0.25, 0.3) is 0 Å². The van der Waals surface area contributed by atoms with Crippen molar-refractivity contribution in [1.82, 2.24) is 4.90 Å². The summed E-state index contributed by atoms with van der Waals surface area (Å²) in [5.74, 6) is -0.488. The minimum Gasteiger partial charge on any atom is -0.396 e. The second-order valence-corrected chi connectivity index (χ2v) is 4.16. The molecule has 0 aromatic heterocycles. The Balaban J connectivity index is 3.03. The Kier molecular flexibility index (Phi) is 5.06. The topological polar surface area (TPSA) is 83.7 Å². The van der Waals surface area contributed by atoms with E-state index < -0.39 is 10.8 Å². The number of halogens is 1. The summed E-state index contributed by atoms with van der Waals surface area (Å²) in [6, 6.07) is 3.84. The average molecular weight is 273 g/mol. The van der Waals surface area contributed by atoms with Gasteiger partial charge < -0.3 is 10.0 Å². The van der Waals surface area contributed by atoms with E-state index in [-0.39, 0.29) is 22.9 Å². The molecule has 0 saturated heterocycles. The third-order valence-corrected chi connectivity index (χ3v) is 2.62. The van der Waals surface area contributed by atoms with Gasteiger partial charge >= 0.3 is 0 Å². The van der Waals surface area contributed by atoms with Gasteiger partial charge in [-0.15, -0.1) is 0 Å². The lowest BCUT2D eigenvalue weighted by Crippen LogP contribution is -2.28. The van der Waals surface area contributed by atoms with Crippen molar-refractivity contribution in [2.24, 2.45) is 0 Å². The lowest BCUT2D eigenvalue weighted by atomic mass is 10.1. The fourth-order valence-corrected chi connectivity index (χ4v) is 1.63. The van der Waals surface area contributed by atoms with Crippen LogP contribution < -0.4 is 0 Å². The predicted octanol–water partition coefficient (Wildman–Crippen LogP) is 1.70. The first-order chi connectivity index (χ1) is 8.47. The molecule has 0 radical (unpaired) electrons. The van der Waals surface area contributed by atoms with Gasteiger partial charge in [-0.3, -0.25) is 14.9 Å². The normalized spacial score (nSPS) is 10.2. The van der Waals surface area contributed by atoms with Crippen LogP contribution in [0.4, 0.5) is 5.69 Å². The van der Waals surface area contributed by atoms with Crippen LogP contribution in [0, 0.1) is 10.1 Å². The van der Waals surface area contributed by atoms with Crippen molar-refractivity contribution in [3.8, 4) is 0 Å². The van der Waals surface area contributed by atoms with E-state index in [1.54, 1.807) is 0 Å². The van der Waals surface area contributed by atoms with E-state index in [4.69, 9.17) is 16.7 Å². The van der Waals surface area contributed by atoms with Crippen LogP contribution in [0.2, 0.25) is 5.02 Å². The van der Waals surface area contributed by atoms with E-state index >= 15 is 0 Å². The summed E-state index contributed by atoms with van der Waals surface area (Å²) in [6.07, 6.45) is 0.413. The third-order valence-electron chi connectivity index (χ3n) is 2.38. The van der Waals surface area contributed by atoms with Crippen molar-refractivity contribution < 1.29 is 14.8 Å². The average Bonchev–Trinajstić information content (AvgIpc) is 2.34. The van der Waals surface area contributed by atoms with Crippen LogP contribution in [-0.4, -0.2) is 41.0 Å². The van der Waals surface area contributed by atoms with Gasteiger partial charge in [0.1, 0.15) is 5.56 Å².